The molecule has 0 fully saturated rings. The van der Waals surface area contributed by atoms with Gasteiger partial charge in [-0.1, -0.05) is 18.2 Å². The van der Waals surface area contributed by atoms with Crippen LogP contribution in [0.5, 0.6) is 0 Å². The van der Waals surface area contributed by atoms with E-state index in [-0.39, 0.29) is 6.04 Å². The SMILES string of the molecule is CSc1ccccc1NC(C)c1ccccn1. The van der Waals surface area contributed by atoms with E-state index in [4.69, 9.17) is 0 Å². The topological polar surface area (TPSA) is 24.9 Å². The van der Waals surface area contributed by atoms with Gasteiger partial charge in [0.05, 0.1) is 11.7 Å². The molecule has 17 heavy (non-hydrogen) atoms. The Hall–Kier alpha value is -1.48. The lowest BCUT2D eigenvalue weighted by Crippen LogP contribution is -2.08. The van der Waals surface area contributed by atoms with Crippen LogP contribution in [-0.4, -0.2) is 11.2 Å². The smallest absolute Gasteiger partial charge is 0.0657 e. The number of nitrogens with one attached hydrogen (secondary N) is 1. The predicted molar refractivity (Wildman–Crippen MR) is 74.5 cm³/mol. The zero-order valence-corrected chi connectivity index (χ0v) is 10.9. The average Bonchev–Trinajstić information content (AvgIpc) is 2.40. The van der Waals surface area contributed by atoms with Gasteiger partial charge in [-0.3, -0.25) is 4.98 Å². The summed E-state index contributed by atoms with van der Waals surface area (Å²) in [6.07, 6.45) is 3.92. The van der Waals surface area contributed by atoms with Crippen molar-refractivity contribution in [2.75, 3.05) is 11.6 Å². The summed E-state index contributed by atoms with van der Waals surface area (Å²) in [5.41, 5.74) is 2.22. The van der Waals surface area contributed by atoms with Gasteiger partial charge in [0.1, 0.15) is 0 Å². The molecule has 2 nitrogen and oxygen atoms in total. The first kappa shape index (κ1) is 12.0. The first-order valence-electron chi connectivity index (χ1n) is 5.61. The first-order valence-corrected chi connectivity index (χ1v) is 6.84. The van der Waals surface area contributed by atoms with Gasteiger partial charge >= 0.3 is 0 Å². The van der Waals surface area contributed by atoms with Gasteiger partial charge in [-0.25, -0.2) is 0 Å². The Balaban J connectivity index is 2.16. The predicted octanol–water partition coefficient (Wildman–Crippen LogP) is 3.98. The van der Waals surface area contributed by atoms with Crippen LogP contribution >= 0.6 is 11.8 Å². The van der Waals surface area contributed by atoms with Crippen LogP contribution in [0.15, 0.2) is 53.6 Å². The van der Waals surface area contributed by atoms with E-state index in [9.17, 15) is 0 Å². The minimum absolute atomic E-state index is 0.212. The number of hydrogen-bond acceptors (Lipinski definition) is 3. The minimum atomic E-state index is 0.212. The summed E-state index contributed by atoms with van der Waals surface area (Å²) in [5, 5.41) is 3.49. The minimum Gasteiger partial charge on any atom is -0.376 e. The van der Waals surface area contributed by atoms with E-state index in [2.05, 4.69) is 41.7 Å². The molecule has 0 aliphatic carbocycles. The van der Waals surface area contributed by atoms with Crippen molar-refractivity contribution in [1.82, 2.24) is 4.98 Å². The third kappa shape index (κ3) is 3.01. The fourth-order valence-electron chi connectivity index (χ4n) is 1.70. The largest absolute Gasteiger partial charge is 0.376 e. The van der Waals surface area contributed by atoms with Gasteiger partial charge in [0.25, 0.3) is 0 Å². The lowest BCUT2D eigenvalue weighted by molar-refractivity contribution is 0.835. The third-order valence-corrected chi connectivity index (χ3v) is 3.41. The second kappa shape index (κ2) is 5.73. The van der Waals surface area contributed by atoms with Gasteiger partial charge in [0.15, 0.2) is 0 Å². The Labute approximate surface area is 106 Å². The maximum Gasteiger partial charge on any atom is 0.0657 e. The molecule has 2 rings (SSSR count). The number of hydrogen-bond donors (Lipinski definition) is 1. The molecule has 1 aromatic heterocycles. The van der Waals surface area contributed by atoms with Crippen molar-refractivity contribution >= 4 is 17.4 Å². The second-order valence-electron chi connectivity index (χ2n) is 3.82. The van der Waals surface area contributed by atoms with Crippen molar-refractivity contribution in [1.29, 1.82) is 0 Å². The molecule has 0 amide bonds. The van der Waals surface area contributed by atoms with Crippen LogP contribution in [0, 0.1) is 0 Å². The molecule has 1 atom stereocenters. The van der Waals surface area contributed by atoms with Gasteiger partial charge in [-0.15, -0.1) is 11.8 Å². The van der Waals surface area contributed by atoms with Crippen LogP contribution in [-0.2, 0) is 0 Å². The first-order chi connectivity index (χ1) is 8.31. The highest BCUT2D eigenvalue weighted by Gasteiger charge is 2.07. The monoisotopic (exact) mass is 244 g/mol. The van der Waals surface area contributed by atoms with Crippen LogP contribution < -0.4 is 5.32 Å². The molecule has 0 saturated heterocycles. The van der Waals surface area contributed by atoms with Crippen molar-refractivity contribution in [2.24, 2.45) is 0 Å². The molecule has 0 bridgehead atoms. The molecule has 0 spiro atoms. The van der Waals surface area contributed by atoms with Crippen molar-refractivity contribution in [3.05, 3.63) is 54.4 Å². The summed E-state index contributed by atoms with van der Waals surface area (Å²) in [6, 6.07) is 14.5. The van der Waals surface area contributed by atoms with Crippen LogP contribution in [0.1, 0.15) is 18.7 Å². The molecule has 0 aliphatic rings. The summed E-state index contributed by atoms with van der Waals surface area (Å²) in [5.74, 6) is 0. The van der Waals surface area contributed by atoms with Crippen LogP contribution in [0.25, 0.3) is 0 Å². The second-order valence-corrected chi connectivity index (χ2v) is 4.67. The Kier molecular flexibility index (Phi) is 4.04. The zero-order valence-electron chi connectivity index (χ0n) is 10.1. The Morgan fingerprint density at radius 1 is 1.12 bits per heavy atom. The summed E-state index contributed by atoms with van der Waals surface area (Å²) < 4.78 is 0. The van der Waals surface area contributed by atoms with Gasteiger partial charge in [-0.2, -0.15) is 0 Å². The van der Waals surface area contributed by atoms with Crippen LogP contribution in [0.3, 0.4) is 0 Å². The Bertz CT molecular complexity index is 471. The molecule has 3 heteroatoms. The van der Waals surface area contributed by atoms with Crippen LogP contribution in [0.4, 0.5) is 5.69 Å². The van der Waals surface area contributed by atoms with Gasteiger partial charge < -0.3 is 5.32 Å². The van der Waals surface area contributed by atoms with Gasteiger partial charge in [0.2, 0.25) is 0 Å². The summed E-state index contributed by atoms with van der Waals surface area (Å²) in [7, 11) is 0. The Morgan fingerprint density at radius 3 is 2.59 bits per heavy atom. The number of para-hydroxylation sites is 1. The number of anilines is 1. The van der Waals surface area contributed by atoms with E-state index < -0.39 is 0 Å². The van der Waals surface area contributed by atoms with Crippen molar-refractivity contribution in [3.8, 4) is 0 Å². The molecular weight excluding hydrogens is 228 g/mol. The fraction of sp³-hybridized carbons (Fsp3) is 0.214. The molecule has 1 N–H and O–H groups in total. The highest BCUT2D eigenvalue weighted by atomic mass is 32.2. The number of aromatic nitrogens is 1. The third-order valence-electron chi connectivity index (χ3n) is 2.61. The summed E-state index contributed by atoms with van der Waals surface area (Å²) >= 11 is 1.75. The molecule has 1 aromatic carbocycles. The van der Waals surface area contributed by atoms with E-state index in [1.54, 1.807) is 11.8 Å². The molecule has 2 aromatic rings. The number of rotatable bonds is 4. The molecular formula is C14H16N2S. The van der Waals surface area contributed by atoms with E-state index in [1.165, 1.54) is 4.90 Å². The number of thioether (sulfide) groups is 1. The zero-order chi connectivity index (χ0) is 12.1. The highest BCUT2D eigenvalue weighted by Crippen LogP contribution is 2.27. The van der Waals surface area contributed by atoms with Gasteiger partial charge in [-0.05, 0) is 37.4 Å². The van der Waals surface area contributed by atoms with Crippen LogP contribution in [0.2, 0.25) is 0 Å². The molecule has 88 valence electrons. The van der Waals surface area contributed by atoms with Crippen molar-refractivity contribution < 1.29 is 0 Å². The van der Waals surface area contributed by atoms with E-state index in [0.717, 1.165) is 11.4 Å². The fourth-order valence-corrected chi connectivity index (χ4v) is 2.26. The quantitative estimate of drug-likeness (QED) is 0.824. The number of pyridine rings is 1. The number of nitrogens with zero attached hydrogens (tertiary/aromatic N) is 1. The standard InChI is InChI=1S/C14H16N2S/c1-11(12-7-5-6-10-15-12)16-13-8-3-4-9-14(13)17-2/h3-11,16H,1-2H3. The average molecular weight is 244 g/mol. The lowest BCUT2D eigenvalue weighted by atomic mass is 10.2. The summed E-state index contributed by atoms with van der Waals surface area (Å²) in [6.45, 7) is 2.12. The summed E-state index contributed by atoms with van der Waals surface area (Å²) in [4.78, 5) is 5.62. The maximum absolute atomic E-state index is 4.36. The van der Waals surface area contributed by atoms with Crippen molar-refractivity contribution in [2.45, 2.75) is 17.9 Å². The molecule has 0 radical (unpaired) electrons. The normalized spacial score (nSPS) is 12.1. The molecule has 1 heterocycles. The lowest BCUT2D eigenvalue weighted by Gasteiger charge is -2.16. The number of benzene rings is 1. The molecule has 0 aliphatic heterocycles. The van der Waals surface area contributed by atoms with E-state index in [0.29, 0.717) is 0 Å². The molecule has 0 saturated carbocycles. The molecule has 1 unspecified atom stereocenters. The van der Waals surface area contributed by atoms with Crippen molar-refractivity contribution in [3.63, 3.8) is 0 Å². The Morgan fingerprint density at radius 2 is 1.88 bits per heavy atom. The maximum atomic E-state index is 4.36. The van der Waals surface area contributed by atoms with E-state index in [1.807, 2.05) is 30.5 Å². The van der Waals surface area contributed by atoms with Gasteiger partial charge in [0, 0.05) is 16.8 Å². The van der Waals surface area contributed by atoms with E-state index >= 15 is 0 Å². The highest BCUT2D eigenvalue weighted by molar-refractivity contribution is 7.98.